The fraction of sp³-hybridized carbons (Fsp3) is 0.133. The van der Waals surface area contributed by atoms with Gasteiger partial charge in [-0.15, -0.1) is 0 Å². The van der Waals surface area contributed by atoms with Gasteiger partial charge in [-0.25, -0.2) is 17.6 Å². The Balaban J connectivity index is 1.78. The number of nitrogens with one attached hydrogen (secondary N) is 1. The number of nitrogens with zero attached hydrogens (tertiary/aromatic N) is 4. The van der Waals surface area contributed by atoms with E-state index in [1.165, 1.54) is 23.3 Å². The van der Waals surface area contributed by atoms with Gasteiger partial charge in [-0.05, 0) is 0 Å². The van der Waals surface area contributed by atoms with Crippen LogP contribution in [0.1, 0.15) is 16.1 Å². The second-order valence-electron chi connectivity index (χ2n) is 5.33. The minimum atomic E-state index is -1.77. The van der Waals surface area contributed by atoms with Crippen molar-refractivity contribution in [3.8, 4) is 0 Å². The third-order valence-electron chi connectivity index (χ3n) is 3.42. The fourth-order valence-electron chi connectivity index (χ4n) is 2.23. The Kier molecular flexibility index (Phi) is 4.68. The molecule has 26 heavy (non-hydrogen) atoms. The topological polar surface area (TPSA) is 64.7 Å². The summed E-state index contributed by atoms with van der Waals surface area (Å²) in [6.07, 6.45) is 3.91. The van der Waals surface area contributed by atoms with Crippen LogP contribution in [0.25, 0.3) is 0 Å². The molecule has 0 aliphatic heterocycles. The van der Waals surface area contributed by atoms with E-state index in [9.17, 15) is 22.4 Å². The number of anilines is 1. The zero-order chi connectivity index (χ0) is 19.0. The lowest BCUT2D eigenvalue weighted by Crippen LogP contribution is -2.13. The summed E-state index contributed by atoms with van der Waals surface area (Å²) in [5, 5.41) is 10.3. The van der Waals surface area contributed by atoms with Crippen molar-refractivity contribution >= 4 is 23.2 Å². The van der Waals surface area contributed by atoms with Crippen molar-refractivity contribution in [3.63, 3.8) is 0 Å². The minimum absolute atomic E-state index is 0.0142. The number of aromatic nitrogens is 4. The molecule has 1 aromatic carbocycles. The van der Waals surface area contributed by atoms with E-state index in [1.54, 1.807) is 7.05 Å². The first-order chi connectivity index (χ1) is 12.3. The zero-order valence-electron chi connectivity index (χ0n) is 13.1. The van der Waals surface area contributed by atoms with Gasteiger partial charge >= 0.3 is 0 Å². The van der Waals surface area contributed by atoms with Crippen LogP contribution in [-0.4, -0.2) is 25.5 Å². The maximum absolute atomic E-state index is 13.7. The van der Waals surface area contributed by atoms with Gasteiger partial charge in [-0.1, -0.05) is 11.6 Å². The Morgan fingerprint density at radius 1 is 1.19 bits per heavy atom. The molecule has 3 aromatic rings. The van der Waals surface area contributed by atoms with Crippen molar-refractivity contribution in [2.75, 3.05) is 5.32 Å². The van der Waals surface area contributed by atoms with Crippen molar-refractivity contribution in [1.82, 2.24) is 19.6 Å². The number of hydrogen-bond acceptors (Lipinski definition) is 3. The third kappa shape index (κ3) is 3.40. The number of hydrogen-bond donors (Lipinski definition) is 1. The molecule has 3 rings (SSSR count). The lowest BCUT2D eigenvalue weighted by Gasteiger charge is -2.06. The lowest BCUT2D eigenvalue weighted by molar-refractivity contribution is 0.102. The van der Waals surface area contributed by atoms with Gasteiger partial charge in [0.2, 0.25) is 0 Å². The largest absolute Gasteiger partial charge is 0.318 e. The Bertz CT molecular complexity index is 1000. The van der Waals surface area contributed by atoms with Gasteiger partial charge in [-0.3, -0.25) is 14.2 Å². The summed E-state index contributed by atoms with van der Waals surface area (Å²) in [7, 11) is 1.59. The molecule has 11 heteroatoms. The Morgan fingerprint density at radius 3 is 2.58 bits per heavy atom. The summed E-state index contributed by atoms with van der Waals surface area (Å²) in [5.74, 6) is -6.89. The van der Waals surface area contributed by atoms with Crippen molar-refractivity contribution in [1.29, 1.82) is 0 Å². The first-order valence-electron chi connectivity index (χ1n) is 7.11. The van der Waals surface area contributed by atoms with Crippen LogP contribution < -0.4 is 5.32 Å². The van der Waals surface area contributed by atoms with E-state index in [-0.39, 0.29) is 22.5 Å². The number of aryl methyl sites for hydroxylation is 1. The molecule has 2 aromatic heterocycles. The second kappa shape index (κ2) is 6.79. The highest BCUT2D eigenvalue weighted by Crippen LogP contribution is 2.21. The predicted octanol–water partition coefficient (Wildman–Crippen LogP) is 3.13. The van der Waals surface area contributed by atoms with Gasteiger partial charge in [0.1, 0.15) is 5.82 Å². The summed E-state index contributed by atoms with van der Waals surface area (Å²) in [5.41, 5.74) is -0.516. The highest BCUT2D eigenvalue weighted by molar-refractivity contribution is 6.34. The van der Waals surface area contributed by atoms with Crippen molar-refractivity contribution < 1.29 is 22.4 Å². The Labute approximate surface area is 149 Å². The number of halogens is 5. The number of rotatable bonds is 4. The summed E-state index contributed by atoms with van der Waals surface area (Å²) in [6.45, 7) is -0.505. The van der Waals surface area contributed by atoms with Crippen LogP contribution in [0.3, 0.4) is 0 Å². The van der Waals surface area contributed by atoms with Gasteiger partial charge in [-0.2, -0.15) is 10.2 Å². The third-order valence-corrected chi connectivity index (χ3v) is 3.70. The van der Waals surface area contributed by atoms with E-state index in [0.717, 1.165) is 4.68 Å². The molecule has 0 atom stereocenters. The van der Waals surface area contributed by atoms with E-state index in [2.05, 4.69) is 15.5 Å². The summed E-state index contributed by atoms with van der Waals surface area (Å²) < 4.78 is 56.0. The molecule has 0 aliphatic carbocycles. The summed E-state index contributed by atoms with van der Waals surface area (Å²) >= 11 is 5.87. The molecule has 1 amide bonds. The number of carbonyl (C=O) groups is 1. The molecule has 1 N–H and O–H groups in total. The van der Waals surface area contributed by atoms with Crippen LogP contribution >= 0.6 is 11.6 Å². The van der Waals surface area contributed by atoms with Crippen LogP contribution in [0.2, 0.25) is 5.02 Å². The summed E-state index contributed by atoms with van der Waals surface area (Å²) in [4.78, 5) is 12.1. The van der Waals surface area contributed by atoms with Crippen molar-refractivity contribution in [2.24, 2.45) is 7.05 Å². The molecule has 0 fully saturated rings. The van der Waals surface area contributed by atoms with E-state index < -0.39 is 41.3 Å². The number of amides is 1. The molecule has 0 aliphatic rings. The monoisotopic (exact) mass is 387 g/mol. The quantitative estimate of drug-likeness (QED) is 0.425. The molecule has 0 unspecified atom stereocenters. The normalized spacial score (nSPS) is 11.0. The fourth-order valence-corrected chi connectivity index (χ4v) is 2.49. The van der Waals surface area contributed by atoms with Crippen LogP contribution in [0.15, 0.2) is 24.7 Å². The van der Waals surface area contributed by atoms with Crippen molar-refractivity contribution in [2.45, 2.75) is 6.54 Å². The van der Waals surface area contributed by atoms with Crippen LogP contribution in [0.5, 0.6) is 0 Å². The molecule has 0 saturated heterocycles. The van der Waals surface area contributed by atoms with Crippen LogP contribution in [-0.2, 0) is 13.6 Å². The van der Waals surface area contributed by atoms with E-state index in [1.807, 2.05) is 0 Å². The average Bonchev–Trinajstić information content (AvgIpc) is 3.15. The molecule has 0 spiro atoms. The maximum Gasteiger partial charge on any atom is 0.277 e. The van der Waals surface area contributed by atoms with Gasteiger partial charge < -0.3 is 5.32 Å². The first kappa shape index (κ1) is 17.9. The standard InChI is InChI=1S/C15H10ClF4N5O/c1-24-6-9(16)14(23-24)15(26)22-7-3-21-25(4-7)5-8-10(17)2-11(18)13(20)12(8)19/h2-4,6H,5H2,1H3,(H,22,26). The minimum Gasteiger partial charge on any atom is -0.318 e. The average molecular weight is 388 g/mol. The smallest absolute Gasteiger partial charge is 0.277 e. The highest BCUT2D eigenvalue weighted by atomic mass is 35.5. The van der Waals surface area contributed by atoms with E-state index >= 15 is 0 Å². The van der Waals surface area contributed by atoms with Gasteiger partial charge in [0.15, 0.2) is 23.1 Å². The van der Waals surface area contributed by atoms with Gasteiger partial charge in [0.25, 0.3) is 5.91 Å². The first-order valence-corrected chi connectivity index (χ1v) is 7.49. The molecule has 136 valence electrons. The SMILES string of the molecule is Cn1cc(Cl)c(C(=O)Nc2cnn(Cc3c(F)cc(F)c(F)c3F)c2)n1. The van der Waals surface area contributed by atoms with Gasteiger partial charge in [0, 0.05) is 31.1 Å². The highest BCUT2D eigenvalue weighted by Gasteiger charge is 2.20. The Morgan fingerprint density at radius 2 is 1.92 bits per heavy atom. The number of benzene rings is 1. The zero-order valence-corrected chi connectivity index (χ0v) is 13.9. The molecule has 0 saturated carbocycles. The summed E-state index contributed by atoms with van der Waals surface area (Å²) in [6, 6.07) is 0.253. The molecule has 2 heterocycles. The van der Waals surface area contributed by atoms with Crippen LogP contribution in [0.4, 0.5) is 23.2 Å². The lowest BCUT2D eigenvalue weighted by atomic mass is 10.2. The molecule has 6 nitrogen and oxygen atoms in total. The van der Waals surface area contributed by atoms with Gasteiger partial charge in [0.05, 0.1) is 23.5 Å². The predicted molar refractivity (Wildman–Crippen MR) is 83.8 cm³/mol. The molecular weight excluding hydrogens is 378 g/mol. The van der Waals surface area contributed by atoms with E-state index in [0.29, 0.717) is 0 Å². The van der Waals surface area contributed by atoms with Crippen molar-refractivity contribution in [3.05, 3.63) is 64.2 Å². The maximum atomic E-state index is 13.7. The molecule has 0 bridgehead atoms. The second-order valence-corrected chi connectivity index (χ2v) is 5.73. The Hall–Kier alpha value is -2.88. The molecule has 0 radical (unpaired) electrons. The number of carbonyl (C=O) groups excluding carboxylic acids is 1. The molecular formula is C15H10ClF4N5O. The van der Waals surface area contributed by atoms with E-state index in [4.69, 9.17) is 11.6 Å². The van der Waals surface area contributed by atoms with Crippen LogP contribution in [0, 0.1) is 23.3 Å².